The van der Waals surface area contributed by atoms with Gasteiger partial charge in [0.15, 0.2) is 0 Å². The first kappa shape index (κ1) is 14.9. The number of pyridine rings is 1. The molecule has 0 amide bonds. The van der Waals surface area contributed by atoms with Crippen LogP contribution in [0.4, 0.5) is 5.82 Å². The molecule has 4 heteroatoms. The molecule has 2 rings (SSSR count). The van der Waals surface area contributed by atoms with Crippen LogP contribution in [0.2, 0.25) is 0 Å². The number of aryl methyl sites for hydroxylation is 1. The van der Waals surface area contributed by atoms with Gasteiger partial charge in [-0.2, -0.15) is 0 Å². The fraction of sp³-hybridized carbons (Fsp3) is 0.312. The maximum atomic E-state index is 5.80. The summed E-state index contributed by atoms with van der Waals surface area (Å²) in [6, 6.07) is 12.0. The summed E-state index contributed by atoms with van der Waals surface area (Å²) in [5.41, 5.74) is 2.12. The summed E-state index contributed by atoms with van der Waals surface area (Å²) in [7, 11) is 0. The molecule has 1 N–H and O–H groups in total. The minimum atomic E-state index is 0.462. The van der Waals surface area contributed by atoms with Crippen LogP contribution in [0.3, 0.4) is 0 Å². The molecule has 1 heterocycles. The highest BCUT2D eigenvalue weighted by Gasteiger charge is 2.03. The van der Waals surface area contributed by atoms with Crippen LogP contribution in [0.15, 0.2) is 40.9 Å². The van der Waals surface area contributed by atoms with Crippen molar-refractivity contribution >= 4 is 21.7 Å². The monoisotopic (exact) mass is 334 g/mol. The average molecular weight is 335 g/mol. The number of nitrogens with one attached hydrogen (secondary N) is 1. The van der Waals surface area contributed by atoms with Crippen LogP contribution in [0.5, 0.6) is 5.75 Å². The van der Waals surface area contributed by atoms with Crippen LogP contribution in [0, 0.1) is 6.92 Å². The van der Waals surface area contributed by atoms with Crippen molar-refractivity contribution in [2.75, 3.05) is 11.9 Å². The largest absolute Gasteiger partial charge is 0.486 e. The molecule has 3 nitrogen and oxygen atoms in total. The van der Waals surface area contributed by atoms with E-state index in [0.717, 1.165) is 34.7 Å². The number of aromatic nitrogens is 1. The van der Waals surface area contributed by atoms with Gasteiger partial charge < -0.3 is 10.1 Å². The Balaban J connectivity index is 1.99. The Hall–Kier alpha value is -1.55. The van der Waals surface area contributed by atoms with Gasteiger partial charge in [-0.05, 0) is 59.1 Å². The number of nitrogens with zero attached hydrogens (tertiary/aromatic N) is 1. The van der Waals surface area contributed by atoms with E-state index >= 15 is 0 Å². The lowest BCUT2D eigenvalue weighted by molar-refractivity contribution is 0.299. The number of benzene rings is 1. The Kier molecular flexibility index (Phi) is 5.41. The molecule has 0 aliphatic rings. The van der Waals surface area contributed by atoms with E-state index < -0.39 is 0 Å². The van der Waals surface area contributed by atoms with E-state index in [1.165, 1.54) is 5.56 Å². The molecular formula is C16H19BrN2O. The second kappa shape index (κ2) is 7.29. The van der Waals surface area contributed by atoms with E-state index in [-0.39, 0.29) is 0 Å². The van der Waals surface area contributed by atoms with Crippen molar-refractivity contribution < 1.29 is 4.74 Å². The van der Waals surface area contributed by atoms with Gasteiger partial charge in [-0.1, -0.05) is 19.1 Å². The molecule has 1 aromatic carbocycles. The van der Waals surface area contributed by atoms with Crippen molar-refractivity contribution in [1.29, 1.82) is 0 Å². The van der Waals surface area contributed by atoms with Crippen molar-refractivity contribution in [3.63, 3.8) is 0 Å². The molecule has 0 bridgehead atoms. The number of hydrogen-bond donors (Lipinski definition) is 1. The zero-order valence-corrected chi connectivity index (χ0v) is 13.4. The van der Waals surface area contributed by atoms with Gasteiger partial charge in [-0.3, -0.25) is 0 Å². The smallest absolute Gasteiger partial charge is 0.134 e. The van der Waals surface area contributed by atoms with E-state index in [2.05, 4.69) is 40.1 Å². The highest BCUT2D eigenvalue weighted by Crippen LogP contribution is 2.26. The summed E-state index contributed by atoms with van der Waals surface area (Å²) in [6.07, 6.45) is 1.08. The average Bonchev–Trinajstić information content (AvgIpc) is 2.45. The lowest BCUT2D eigenvalue weighted by atomic mass is 10.2. The molecule has 0 radical (unpaired) electrons. The summed E-state index contributed by atoms with van der Waals surface area (Å²) < 4.78 is 6.77. The van der Waals surface area contributed by atoms with Crippen molar-refractivity contribution in [3.05, 3.63) is 52.1 Å². The maximum absolute atomic E-state index is 5.80. The molecule has 106 valence electrons. The van der Waals surface area contributed by atoms with Gasteiger partial charge in [0.25, 0.3) is 0 Å². The second-order valence-corrected chi connectivity index (χ2v) is 5.52. The first-order valence-electron chi connectivity index (χ1n) is 6.78. The van der Waals surface area contributed by atoms with Gasteiger partial charge in [-0.25, -0.2) is 4.98 Å². The number of anilines is 1. The van der Waals surface area contributed by atoms with E-state index in [4.69, 9.17) is 4.74 Å². The standard InChI is InChI=1S/C16H19BrN2O/c1-3-9-18-16-6-4-5-13(19-16)11-20-15-8-7-12(2)10-14(15)17/h4-8,10H,3,9,11H2,1-2H3,(H,18,19). The van der Waals surface area contributed by atoms with Crippen molar-refractivity contribution in [2.24, 2.45) is 0 Å². The highest BCUT2D eigenvalue weighted by atomic mass is 79.9. The van der Waals surface area contributed by atoms with E-state index in [0.29, 0.717) is 6.61 Å². The van der Waals surface area contributed by atoms with Crippen molar-refractivity contribution in [2.45, 2.75) is 26.9 Å². The quantitative estimate of drug-likeness (QED) is 0.841. The van der Waals surface area contributed by atoms with Gasteiger partial charge in [0.1, 0.15) is 18.2 Å². The third-order valence-corrected chi connectivity index (χ3v) is 3.45. The molecule has 1 aromatic heterocycles. The zero-order valence-electron chi connectivity index (χ0n) is 11.8. The molecular weight excluding hydrogens is 316 g/mol. The zero-order chi connectivity index (χ0) is 14.4. The fourth-order valence-electron chi connectivity index (χ4n) is 1.79. The van der Waals surface area contributed by atoms with Gasteiger partial charge >= 0.3 is 0 Å². The molecule has 0 spiro atoms. The number of rotatable bonds is 6. The van der Waals surface area contributed by atoms with E-state index in [9.17, 15) is 0 Å². The fourth-order valence-corrected chi connectivity index (χ4v) is 2.39. The lowest BCUT2D eigenvalue weighted by Crippen LogP contribution is -2.05. The third-order valence-electron chi connectivity index (χ3n) is 2.83. The highest BCUT2D eigenvalue weighted by molar-refractivity contribution is 9.10. The molecule has 0 aliphatic carbocycles. The van der Waals surface area contributed by atoms with Crippen molar-refractivity contribution in [3.8, 4) is 5.75 Å². The Morgan fingerprint density at radius 2 is 2.10 bits per heavy atom. The Morgan fingerprint density at radius 3 is 2.85 bits per heavy atom. The molecule has 0 saturated carbocycles. The van der Waals surface area contributed by atoms with Gasteiger partial charge in [0.2, 0.25) is 0 Å². The summed E-state index contributed by atoms with van der Waals surface area (Å²) in [4.78, 5) is 4.52. The lowest BCUT2D eigenvalue weighted by Gasteiger charge is -2.10. The summed E-state index contributed by atoms with van der Waals surface area (Å²) in [5.74, 6) is 1.74. The van der Waals surface area contributed by atoms with Crippen LogP contribution in [-0.2, 0) is 6.61 Å². The first-order valence-corrected chi connectivity index (χ1v) is 7.57. The van der Waals surface area contributed by atoms with Crippen LogP contribution in [-0.4, -0.2) is 11.5 Å². The number of hydrogen-bond acceptors (Lipinski definition) is 3. The molecule has 20 heavy (non-hydrogen) atoms. The molecule has 0 atom stereocenters. The topological polar surface area (TPSA) is 34.1 Å². The molecule has 0 unspecified atom stereocenters. The second-order valence-electron chi connectivity index (χ2n) is 4.66. The van der Waals surface area contributed by atoms with E-state index in [1.54, 1.807) is 0 Å². The molecule has 0 saturated heterocycles. The van der Waals surface area contributed by atoms with Crippen molar-refractivity contribution in [1.82, 2.24) is 4.98 Å². The summed E-state index contributed by atoms with van der Waals surface area (Å²) in [5, 5.41) is 3.28. The van der Waals surface area contributed by atoms with Crippen LogP contribution in [0.25, 0.3) is 0 Å². The minimum Gasteiger partial charge on any atom is -0.486 e. The third kappa shape index (κ3) is 4.23. The van der Waals surface area contributed by atoms with Gasteiger partial charge in [0, 0.05) is 6.54 Å². The SMILES string of the molecule is CCCNc1cccc(COc2ccc(C)cc2Br)n1. The number of halogens is 1. The van der Waals surface area contributed by atoms with E-state index in [1.807, 2.05) is 36.4 Å². The number of ether oxygens (including phenoxy) is 1. The molecule has 0 fully saturated rings. The van der Waals surface area contributed by atoms with Crippen LogP contribution < -0.4 is 10.1 Å². The van der Waals surface area contributed by atoms with Crippen LogP contribution >= 0.6 is 15.9 Å². The maximum Gasteiger partial charge on any atom is 0.134 e. The van der Waals surface area contributed by atoms with Gasteiger partial charge in [0.05, 0.1) is 10.2 Å². The molecule has 0 aliphatic heterocycles. The first-order chi connectivity index (χ1) is 9.69. The predicted molar refractivity (Wildman–Crippen MR) is 86.2 cm³/mol. The Labute approximate surface area is 128 Å². The normalized spacial score (nSPS) is 10.3. The van der Waals surface area contributed by atoms with Crippen LogP contribution in [0.1, 0.15) is 24.6 Å². The summed E-state index contributed by atoms with van der Waals surface area (Å²) in [6.45, 7) is 5.58. The Morgan fingerprint density at radius 1 is 1.25 bits per heavy atom. The van der Waals surface area contributed by atoms with Gasteiger partial charge in [-0.15, -0.1) is 0 Å². The Bertz CT molecular complexity index is 572. The molecule has 2 aromatic rings. The minimum absolute atomic E-state index is 0.462. The summed E-state index contributed by atoms with van der Waals surface area (Å²) >= 11 is 3.51. The predicted octanol–water partition coefficient (Wildman–Crippen LogP) is 4.55.